The van der Waals surface area contributed by atoms with E-state index in [9.17, 15) is 4.79 Å². The third kappa shape index (κ3) is 2.88. The average molecular weight is 342 g/mol. The molecule has 0 spiro atoms. The molecule has 0 saturated heterocycles. The van der Waals surface area contributed by atoms with E-state index in [1.807, 2.05) is 68.4 Å². The molecule has 0 aromatic heterocycles. The molecule has 3 nitrogen and oxygen atoms in total. The fraction of sp³-hybridized carbons (Fsp3) is 0.0870. The van der Waals surface area contributed by atoms with Gasteiger partial charge in [0.15, 0.2) is 5.75 Å². The highest BCUT2D eigenvalue weighted by Gasteiger charge is 2.17. The van der Waals surface area contributed by atoms with Gasteiger partial charge >= 0.3 is 6.16 Å². The molecule has 0 aliphatic heterocycles. The second-order valence-electron chi connectivity index (χ2n) is 6.32. The van der Waals surface area contributed by atoms with Crippen LogP contribution in [0.25, 0.3) is 21.5 Å². The summed E-state index contributed by atoms with van der Waals surface area (Å²) in [6, 6.07) is 23.1. The molecule has 0 atom stereocenters. The molecular formula is C23H18O3. The van der Waals surface area contributed by atoms with E-state index in [0.717, 1.165) is 32.7 Å². The minimum atomic E-state index is -0.739. The highest BCUT2D eigenvalue weighted by Crippen LogP contribution is 2.38. The van der Waals surface area contributed by atoms with Crippen LogP contribution >= 0.6 is 0 Å². The summed E-state index contributed by atoms with van der Waals surface area (Å²) in [6.07, 6.45) is -0.739. The lowest BCUT2D eigenvalue weighted by atomic mass is 9.96. The van der Waals surface area contributed by atoms with Crippen LogP contribution in [0.15, 0.2) is 72.8 Å². The van der Waals surface area contributed by atoms with Crippen LogP contribution in [0.2, 0.25) is 0 Å². The standard InChI is InChI=1S/C23H18O3/c1-15-8-6-10-17-14-18-11-7-9-16(2)21(18)22(20(15)17)26-23(24)25-19-12-4-3-5-13-19/h3-14H,1-2H3. The number of para-hydroxylation sites is 1. The Morgan fingerprint density at radius 2 is 1.27 bits per heavy atom. The molecule has 4 rings (SSSR count). The molecule has 4 aromatic carbocycles. The largest absolute Gasteiger partial charge is 0.519 e. The molecule has 0 heterocycles. The number of carbonyl (C=O) groups excluding carboxylic acids is 1. The van der Waals surface area contributed by atoms with Crippen molar-refractivity contribution in [3.63, 3.8) is 0 Å². The van der Waals surface area contributed by atoms with Crippen molar-refractivity contribution in [2.24, 2.45) is 0 Å². The predicted octanol–water partition coefficient (Wildman–Crippen LogP) is 6.19. The molecule has 0 radical (unpaired) electrons. The van der Waals surface area contributed by atoms with E-state index in [4.69, 9.17) is 9.47 Å². The SMILES string of the molecule is Cc1cccc2cc3cccc(C)c3c(OC(=O)Oc3ccccc3)c12. The van der Waals surface area contributed by atoms with Gasteiger partial charge in [0.2, 0.25) is 0 Å². The lowest BCUT2D eigenvalue weighted by Crippen LogP contribution is -2.14. The second kappa shape index (κ2) is 6.52. The van der Waals surface area contributed by atoms with Crippen LogP contribution < -0.4 is 9.47 Å². The fourth-order valence-corrected chi connectivity index (χ4v) is 3.33. The first-order valence-corrected chi connectivity index (χ1v) is 8.50. The predicted molar refractivity (Wildman–Crippen MR) is 104 cm³/mol. The summed E-state index contributed by atoms with van der Waals surface area (Å²) in [6.45, 7) is 4.03. The summed E-state index contributed by atoms with van der Waals surface area (Å²) in [5.74, 6) is 1.00. The number of carbonyl (C=O) groups is 1. The zero-order valence-corrected chi connectivity index (χ0v) is 14.7. The van der Waals surface area contributed by atoms with Crippen molar-refractivity contribution in [1.82, 2.24) is 0 Å². The van der Waals surface area contributed by atoms with E-state index in [1.54, 1.807) is 12.1 Å². The fourth-order valence-electron chi connectivity index (χ4n) is 3.33. The van der Waals surface area contributed by atoms with E-state index in [1.165, 1.54) is 0 Å². The Labute approximate surface area is 151 Å². The number of hydrogen-bond acceptors (Lipinski definition) is 3. The van der Waals surface area contributed by atoms with E-state index in [2.05, 4.69) is 6.07 Å². The van der Waals surface area contributed by atoms with Gasteiger partial charge in [0.05, 0.1) is 0 Å². The van der Waals surface area contributed by atoms with Crippen molar-refractivity contribution in [3.8, 4) is 11.5 Å². The van der Waals surface area contributed by atoms with E-state index in [0.29, 0.717) is 11.5 Å². The normalized spacial score (nSPS) is 10.8. The average Bonchev–Trinajstić information content (AvgIpc) is 2.62. The van der Waals surface area contributed by atoms with Crippen molar-refractivity contribution >= 4 is 27.7 Å². The molecule has 3 heteroatoms. The Hall–Kier alpha value is -3.33. The van der Waals surface area contributed by atoms with E-state index >= 15 is 0 Å². The van der Waals surface area contributed by atoms with Crippen molar-refractivity contribution < 1.29 is 14.3 Å². The van der Waals surface area contributed by atoms with Gasteiger partial charge in [-0.05, 0) is 53.9 Å². The van der Waals surface area contributed by atoms with Crippen LogP contribution in [0.1, 0.15) is 11.1 Å². The van der Waals surface area contributed by atoms with Gasteiger partial charge in [-0.15, -0.1) is 0 Å². The Morgan fingerprint density at radius 1 is 0.692 bits per heavy atom. The third-order valence-corrected chi connectivity index (χ3v) is 4.50. The summed E-state index contributed by atoms with van der Waals surface area (Å²) in [4.78, 5) is 12.4. The first-order chi connectivity index (χ1) is 12.6. The molecular weight excluding hydrogens is 324 g/mol. The first-order valence-electron chi connectivity index (χ1n) is 8.50. The Bertz CT molecular complexity index is 1050. The Morgan fingerprint density at radius 3 is 1.85 bits per heavy atom. The van der Waals surface area contributed by atoms with E-state index in [-0.39, 0.29) is 0 Å². The third-order valence-electron chi connectivity index (χ3n) is 4.50. The van der Waals surface area contributed by atoms with E-state index < -0.39 is 6.16 Å². The lowest BCUT2D eigenvalue weighted by molar-refractivity contribution is 0.153. The maximum absolute atomic E-state index is 12.4. The summed E-state index contributed by atoms with van der Waals surface area (Å²) >= 11 is 0. The zero-order valence-electron chi connectivity index (χ0n) is 14.7. The van der Waals surface area contributed by atoms with Crippen LogP contribution in [0, 0.1) is 13.8 Å². The molecule has 0 aliphatic carbocycles. The molecule has 0 saturated carbocycles. The van der Waals surface area contributed by atoms with Crippen LogP contribution in [-0.4, -0.2) is 6.16 Å². The van der Waals surface area contributed by atoms with Crippen LogP contribution in [0.5, 0.6) is 11.5 Å². The van der Waals surface area contributed by atoms with Crippen molar-refractivity contribution in [1.29, 1.82) is 0 Å². The summed E-state index contributed by atoms with van der Waals surface area (Å²) < 4.78 is 11.1. The summed E-state index contributed by atoms with van der Waals surface area (Å²) in [5.41, 5.74) is 2.10. The molecule has 26 heavy (non-hydrogen) atoms. The number of rotatable bonds is 2. The highest BCUT2D eigenvalue weighted by molar-refractivity contribution is 6.08. The smallest absolute Gasteiger partial charge is 0.395 e. The first kappa shape index (κ1) is 16.2. The van der Waals surface area contributed by atoms with Crippen molar-refractivity contribution in [2.75, 3.05) is 0 Å². The molecule has 0 N–H and O–H groups in total. The minimum Gasteiger partial charge on any atom is -0.395 e. The van der Waals surface area contributed by atoms with Gasteiger partial charge in [-0.1, -0.05) is 54.6 Å². The molecule has 4 aromatic rings. The van der Waals surface area contributed by atoms with Crippen LogP contribution in [0.4, 0.5) is 4.79 Å². The topological polar surface area (TPSA) is 35.5 Å². The number of fused-ring (bicyclic) bond motifs is 2. The van der Waals surface area contributed by atoms with Crippen molar-refractivity contribution in [2.45, 2.75) is 13.8 Å². The van der Waals surface area contributed by atoms with Gasteiger partial charge < -0.3 is 9.47 Å². The number of hydrogen-bond donors (Lipinski definition) is 0. The Kier molecular flexibility index (Phi) is 4.05. The minimum absolute atomic E-state index is 0.454. The quantitative estimate of drug-likeness (QED) is 0.248. The van der Waals surface area contributed by atoms with Gasteiger partial charge in [0.1, 0.15) is 5.75 Å². The zero-order chi connectivity index (χ0) is 18.1. The second-order valence-corrected chi connectivity index (χ2v) is 6.32. The number of ether oxygens (including phenoxy) is 2. The molecule has 0 aliphatic rings. The summed E-state index contributed by atoms with van der Waals surface area (Å²) in [5, 5.41) is 3.93. The van der Waals surface area contributed by atoms with Gasteiger partial charge in [0, 0.05) is 10.8 Å². The molecule has 0 amide bonds. The maximum Gasteiger partial charge on any atom is 0.519 e. The van der Waals surface area contributed by atoms with Gasteiger partial charge in [-0.3, -0.25) is 0 Å². The highest BCUT2D eigenvalue weighted by atomic mass is 16.7. The molecule has 0 unspecified atom stereocenters. The molecule has 0 bridgehead atoms. The summed E-state index contributed by atoms with van der Waals surface area (Å²) in [7, 11) is 0. The van der Waals surface area contributed by atoms with Crippen LogP contribution in [0.3, 0.4) is 0 Å². The van der Waals surface area contributed by atoms with Crippen LogP contribution in [-0.2, 0) is 0 Å². The maximum atomic E-state index is 12.4. The molecule has 0 fully saturated rings. The molecule has 128 valence electrons. The monoisotopic (exact) mass is 342 g/mol. The van der Waals surface area contributed by atoms with Gasteiger partial charge in [-0.2, -0.15) is 0 Å². The number of benzene rings is 4. The van der Waals surface area contributed by atoms with Gasteiger partial charge in [-0.25, -0.2) is 4.79 Å². The van der Waals surface area contributed by atoms with Crippen molar-refractivity contribution in [3.05, 3.63) is 83.9 Å². The lowest BCUT2D eigenvalue weighted by Gasteiger charge is -2.15. The number of aryl methyl sites for hydroxylation is 2. The Balaban J connectivity index is 1.87. The van der Waals surface area contributed by atoms with Gasteiger partial charge in [0.25, 0.3) is 0 Å².